The fraction of sp³-hybridized carbons (Fsp3) is 0.588. The van der Waals surface area contributed by atoms with Crippen molar-refractivity contribution in [1.29, 1.82) is 5.26 Å². The second-order valence-electron chi connectivity index (χ2n) is 5.83. The molecular formula is C17H27N3. The van der Waals surface area contributed by atoms with E-state index in [2.05, 4.69) is 37.2 Å². The van der Waals surface area contributed by atoms with Crippen LogP contribution in [0, 0.1) is 17.2 Å². The van der Waals surface area contributed by atoms with E-state index in [4.69, 9.17) is 0 Å². The molecule has 1 aromatic rings. The first-order valence-corrected chi connectivity index (χ1v) is 7.44. The number of nitrogens with one attached hydrogen (secondary N) is 1. The Hall–Kier alpha value is -1.37. The van der Waals surface area contributed by atoms with Crippen LogP contribution in [0.25, 0.3) is 0 Å². The van der Waals surface area contributed by atoms with Gasteiger partial charge in [0.05, 0.1) is 6.07 Å². The van der Waals surface area contributed by atoms with Gasteiger partial charge in [0.25, 0.3) is 0 Å². The minimum Gasteiger partial charge on any atom is -0.303 e. The molecule has 0 saturated heterocycles. The van der Waals surface area contributed by atoms with E-state index < -0.39 is 5.54 Å². The molecule has 0 aliphatic carbocycles. The second kappa shape index (κ2) is 8.04. The molecule has 1 N–H and O–H groups in total. The van der Waals surface area contributed by atoms with Crippen LogP contribution in [0.3, 0.4) is 0 Å². The van der Waals surface area contributed by atoms with Gasteiger partial charge in [0.2, 0.25) is 0 Å². The van der Waals surface area contributed by atoms with E-state index in [0.29, 0.717) is 12.5 Å². The van der Waals surface area contributed by atoms with Gasteiger partial charge in [-0.05, 0) is 38.0 Å². The van der Waals surface area contributed by atoms with Gasteiger partial charge in [-0.25, -0.2) is 0 Å². The molecule has 0 heterocycles. The van der Waals surface area contributed by atoms with Gasteiger partial charge >= 0.3 is 0 Å². The number of rotatable bonds is 8. The Morgan fingerprint density at radius 3 is 2.45 bits per heavy atom. The van der Waals surface area contributed by atoms with Crippen molar-refractivity contribution in [3.63, 3.8) is 0 Å². The van der Waals surface area contributed by atoms with Gasteiger partial charge in [-0.1, -0.05) is 51.1 Å². The zero-order chi connectivity index (χ0) is 15.0. The Labute approximate surface area is 123 Å². The minimum atomic E-state index is -0.623. The molecule has 20 heavy (non-hydrogen) atoms. The summed E-state index contributed by atoms with van der Waals surface area (Å²) in [6, 6.07) is 12.5. The van der Waals surface area contributed by atoms with Crippen LogP contribution in [0.4, 0.5) is 0 Å². The Morgan fingerprint density at radius 1 is 1.30 bits per heavy atom. The highest BCUT2D eigenvalue weighted by molar-refractivity contribution is 5.32. The van der Waals surface area contributed by atoms with Crippen molar-refractivity contribution in [2.75, 3.05) is 26.7 Å². The first-order valence-electron chi connectivity index (χ1n) is 7.44. The fourth-order valence-corrected chi connectivity index (χ4v) is 2.38. The monoisotopic (exact) mass is 273 g/mol. The van der Waals surface area contributed by atoms with Crippen LogP contribution in [-0.2, 0) is 5.54 Å². The van der Waals surface area contributed by atoms with Crippen molar-refractivity contribution >= 4 is 0 Å². The summed E-state index contributed by atoms with van der Waals surface area (Å²) in [7, 11) is 2.09. The predicted octanol–water partition coefficient (Wildman–Crippen LogP) is 2.99. The lowest BCUT2D eigenvalue weighted by molar-refractivity contribution is 0.240. The van der Waals surface area contributed by atoms with Gasteiger partial charge < -0.3 is 4.90 Å². The molecule has 0 saturated carbocycles. The van der Waals surface area contributed by atoms with Gasteiger partial charge in [-0.3, -0.25) is 5.32 Å². The zero-order valence-electron chi connectivity index (χ0n) is 13.2. The molecule has 0 radical (unpaired) electrons. The van der Waals surface area contributed by atoms with Crippen molar-refractivity contribution in [2.24, 2.45) is 5.92 Å². The molecule has 0 aliphatic heterocycles. The molecule has 0 bridgehead atoms. The van der Waals surface area contributed by atoms with Crippen molar-refractivity contribution in [2.45, 2.75) is 32.7 Å². The van der Waals surface area contributed by atoms with Crippen LogP contribution in [0.15, 0.2) is 30.3 Å². The van der Waals surface area contributed by atoms with Gasteiger partial charge in [-0.2, -0.15) is 5.26 Å². The lowest BCUT2D eigenvalue weighted by Gasteiger charge is -2.32. The van der Waals surface area contributed by atoms with Crippen molar-refractivity contribution in [1.82, 2.24) is 10.2 Å². The molecular weight excluding hydrogens is 246 g/mol. The van der Waals surface area contributed by atoms with E-state index in [1.807, 2.05) is 37.3 Å². The van der Waals surface area contributed by atoms with Gasteiger partial charge in [0.1, 0.15) is 5.54 Å². The lowest BCUT2D eigenvalue weighted by Crippen LogP contribution is -2.49. The average Bonchev–Trinajstić information content (AvgIpc) is 2.45. The van der Waals surface area contributed by atoms with Crippen LogP contribution in [-0.4, -0.2) is 31.6 Å². The zero-order valence-corrected chi connectivity index (χ0v) is 13.2. The maximum atomic E-state index is 9.75. The number of hydrogen-bond donors (Lipinski definition) is 1. The molecule has 0 aromatic heterocycles. The predicted molar refractivity (Wildman–Crippen MR) is 84.4 cm³/mol. The van der Waals surface area contributed by atoms with Crippen LogP contribution < -0.4 is 5.32 Å². The van der Waals surface area contributed by atoms with Crippen LogP contribution in [0.5, 0.6) is 0 Å². The SMILES string of the molecule is CCNC(C#N)(CN(C)CCC(C)C)c1ccccc1. The minimum absolute atomic E-state index is 0.623. The highest BCUT2D eigenvalue weighted by atomic mass is 15.1. The van der Waals surface area contributed by atoms with Crippen LogP contribution in [0.2, 0.25) is 0 Å². The Morgan fingerprint density at radius 2 is 1.95 bits per heavy atom. The first-order chi connectivity index (χ1) is 9.54. The molecule has 0 fully saturated rings. The standard InChI is InChI=1S/C17H27N3/c1-5-19-17(13-18,16-9-7-6-8-10-16)14-20(4)12-11-15(2)3/h6-10,15,19H,5,11-12,14H2,1-4H3. The topological polar surface area (TPSA) is 39.1 Å². The normalized spacial score (nSPS) is 14.2. The smallest absolute Gasteiger partial charge is 0.145 e. The number of benzene rings is 1. The number of nitrogens with zero attached hydrogens (tertiary/aromatic N) is 2. The van der Waals surface area contributed by atoms with E-state index in [9.17, 15) is 5.26 Å². The summed E-state index contributed by atoms with van der Waals surface area (Å²) in [4.78, 5) is 2.25. The molecule has 3 nitrogen and oxygen atoms in total. The molecule has 0 aliphatic rings. The molecule has 110 valence electrons. The van der Waals surface area contributed by atoms with Gasteiger partial charge in [-0.15, -0.1) is 0 Å². The number of nitriles is 1. The lowest BCUT2D eigenvalue weighted by atomic mass is 9.90. The first kappa shape index (κ1) is 16.7. The van der Waals surface area contributed by atoms with Gasteiger partial charge in [0, 0.05) is 6.54 Å². The van der Waals surface area contributed by atoms with Crippen molar-refractivity contribution in [3.8, 4) is 6.07 Å². The summed E-state index contributed by atoms with van der Waals surface area (Å²) in [5.41, 5.74) is 0.419. The highest BCUT2D eigenvalue weighted by Crippen LogP contribution is 2.21. The van der Waals surface area contributed by atoms with E-state index in [0.717, 1.165) is 25.1 Å². The quantitative estimate of drug-likeness (QED) is 0.791. The summed E-state index contributed by atoms with van der Waals surface area (Å²) in [6.07, 6.45) is 1.15. The van der Waals surface area contributed by atoms with E-state index in [1.165, 1.54) is 0 Å². The number of likely N-dealkylation sites (N-methyl/N-ethyl adjacent to an activating group) is 2. The van der Waals surface area contributed by atoms with E-state index in [-0.39, 0.29) is 0 Å². The summed E-state index contributed by atoms with van der Waals surface area (Å²) < 4.78 is 0. The Balaban J connectivity index is 2.87. The van der Waals surface area contributed by atoms with Crippen molar-refractivity contribution in [3.05, 3.63) is 35.9 Å². The van der Waals surface area contributed by atoms with Gasteiger partial charge in [0.15, 0.2) is 0 Å². The Kier molecular flexibility index (Phi) is 6.70. The summed E-state index contributed by atoms with van der Waals surface area (Å²) in [5, 5.41) is 13.1. The second-order valence-corrected chi connectivity index (χ2v) is 5.83. The third kappa shape index (κ3) is 4.63. The number of hydrogen-bond acceptors (Lipinski definition) is 3. The molecule has 0 amide bonds. The largest absolute Gasteiger partial charge is 0.303 e. The molecule has 0 spiro atoms. The van der Waals surface area contributed by atoms with Crippen molar-refractivity contribution < 1.29 is 0 Å². The third-order valence-corrected chi connectivity index (χ3v) is 3.53. The fourth-order valence-electron chi connectivity index (χ4n) is 2.38. The molecule has 1 atom stereocenters. The summed E-state index contributed by atoms with van der Waals surface area (Å²) in [5.74, 6) is 0.685. The van der Waals surface area contributed by atoms with E-state index >= 15 is 0 Å². The van der Waals surface area contributed by atoms with Crippen LogP contribution in [0.1, 0.15) is 32.8 Å². The maximum absolute atomic E-state index is 9.75. The molecule has 1 unspecified atom stereocenters. The molecule has 1 aromatic carbocycles. The molecule has 3 heteroatoms. The van der Waals surface area contributed by atoms with E-state index in [1.54, 1.807) is 0 Å². The Bertz CT molecular complexity index is 422. The highest BCUT2D eigenvalue weighted by Gasteiger charge is 2.32. The third-order valence-electron chi connectivity index (χ3n) is 3.53. The maximum Gasteiger partial charge on any atom is 0.145 e. The summed E-state index contributed by atoms with van der Waals surface area (Å²) >= 11 is 0. The van der Waals surface area contributed by atoms with Crippen LogP contribution >= 0.6 is 0 Å². The molecule has 1 rings (SSSR count). The average molecular weight is 273 g/mol. The summed E-state index contributed by atoms with van der Waals surface area (Å²) in [6.45, 7) is 9.00.